The van der Waals surface area contributed by atoms with Crippen molar-refractivity contribution < 1.29 is 13.9 Å². The van der Waals surface area contributed by atoms with Crippen molar-refractivity contribution in [3.8, 4) is 0 Å². The van der Waals surface area contributed by atoms with Crippen LogP contribution in [0, 0.1) is 19.7 Å². The van der Waals surface area contributed by atoms with Gasteiger partial charge in [0.05, 0.1) is 12.2 Å². The van der Waals surface area contributed by atoms with E-state index < -0.39 is 5.82 Å². The highest BCUT2D eigenvalue weighted by Gasteiger charge is 2.14. The van der Waals surface area contributed by atoms with Crippen LogP contribution < -0.4 is 0 Å². The highest BCUT2D eigenvalue weighted by Crippen LogP contribution is 2.17. The molecule has 0 fully saturated rings. The van der Waals surface area contributed by atoms with Gasteiger partial charge in [-0.05, 0) is 37.5 Å². The summed E-state index contributed by atoms with van der Waals surface area (Å²) >= 11 is 0. The molecule has 0 heterocycles. The Morgan fingerprint density at radius 2 is 2.00 bits per heavy atom. The smallest absolute Gasteiger partial charge is 0.168 e. The van der Waals surface area contributed by atoms with Gasteiger partial charge in [0.25, 0.3) is 0 Å². The molecule has 0 saturated heterocycles. The number of aryl methyl sites for hydroxylation is 2. The number of hydrogen-bond donors (Lipinski definition) is 0. The summed E-state index contributed by atoms with van der Waals surface area (Å²) in [6, 6.07) is 3.22. The number of rotatable bonds is 6. The molecule has 1 aromatic rings. The minimum absolute atomic E-state index is 0.184. The van der Waals surface area contributed by atoms with Gasteiger partial charge in [0.1, 0.15) is 5.82 Å². The van der Waals surface area contributed by atoms with Crippen molar-refractivity contribution in [2.45, 2.75) is 33.6 Å². The van der Waals surface area contributed by atoms with Crippen LogP contribution in [0.5, 0.6) is 0 Å². The number of ether oxygens (including phenoxy) is 1. The summed E-state index contributed by atoms with van der Waals surface area (Å²) < 4.78 is 18.9. The largest absolute Gasteiger partial charge is 0.381 e. The van der Waals surface area contributed by atoms with Crippen LogP contribution in [0.25, 0.3) is 0 Å². The van der Waals surface area contributed by atoms with Crippen LogP contribution in [-0.2, 0) is 4.74 Å². The minimum Gasteiger partial charge on any atom is -0.381 e. The van der Waals surface area contributed by atoms with E-state index in [9.17, 15) is 9.18 Å². The third-order valence-corrected chi connectivity index (χ3v) is 2.53. The molecule has 2 nitrogen and oxygen atoms in total. The number of ketones is 1. The van der Waals surface area contributed by atoms with Gasteiger partial charge in [-0.25, -0.2) is 4.39 Å². The summed E-state index contributed by atoms with van der Waals surface area (Å²) in [7, 11) is 0. The molecule has 94 valence electrons. The van der Waals surface area contributed by atoms with Crippen LogP contribution in [0.4, 0.5) is 4.39 Å². The summed E-state index contributed by atoms with van der Waals surface area (Å²) in [5, 5.41) is 0. The lowest BCUT2D eigenvalue weighted by Gasteiger charge is -2.08. The quantitative estimate of drug-likeness (QED) is 0.560. The van der Waals surface area contributed by atoms with Gasteiger partial charge in [-0.3, -0.25) is 4.79 Å². The van der Waals surface area contributed by atoms with Crippen LogP contribution in [0.2, 0.25) is 0 Å². The van der Waals surface area contributed by atoms with Crippen LogP contribution in [0.1, 0.15) is 41.3 Å². The summed E-state index contributed by atoms with van der Waals surface area (Å²) in [5.41, 5.74) is 1.73. The van der Waals surface area contributed by atoms with Gasteiger partial charge in [0.15, 0.2) is 5.78 Å². The summed E-state index contributed by atoms with van der Waals surface area (Å²) in [6.45, 7) is 6.58. The zero-order chi connectivity index (χ0) is 12.8. The molecule has 0 aliphatic rings. The third-order valence-electron chi connectivity index (χ3n) is 2.53. The van der Waals surface area contributed by atoms with E-state index in [4.69, 9.17) is 4.74 Å². The van der Waals surface area contributed by atoms with E-state index in [1.807, 2.05) is 19.9 Å². The summed E-state index contributed by atoms with van der Waals surface area (Å²) in [6.07, 6.45) is 1.16. The highest BCUT2D eigenvalue weighted by atomic mass is 19.1. The molecule has 0 aliphatic carbocycles. The fraction of sp³-hybridized carbons (Fsp3) is 0.500. The van der Waals surface area contributed by atoms with Gasteiger partial charge in [0.2, 0.25) is 0 Å². The van der Waals surface area contributed by atoms with Gasteiger partial charge in [-0.1, -0.05) is 13.0 Å². The Kier molecular flexibility index (Phi) is 5.29. The van der Waals surface area contributed by atoms with Gasteiger partial charge in [0, 0.05) is 13.0 Å². The lowest BCUT2D eigenvalue weighted by atomic mass is 10.00. The zero-order valence-electron chi connectivity index (χ0n) is 10.7. The molecule has 3 heteroatoms. The first-order valence-corrected chi connectivity index (χ1v) is 5.94. The van der Waals surface area contributed by atoms with Gasteiger partial charge >= 0.3 is 0 Å². The van der Waals surface area contributed by atoms with Crippen LogP contribution in [0.3, 0.4) is 0 Å². The topological polar surface area (TPSA) is 26.3 Å². The molecular weight excluding hydrogens is 219 g/mol. The Hall–Kier alpha value is -1.22. The van der Waals surface area contributed by atoms with Crippen molar-refractivity contribution in [2.24, 2.45) is 0 Å². The molecule has 1 aromatic carbocycles. The van der Waals surface area contributed by atoms with Crippen LogP contribution in [0.15, 0.2) is 12.1 Å². The SMILES string of the molecule is CCCOCCC(=O)c1c(C)cc(C)cc1F. The van der Waals surface area contributed by atoms with Crippen LogP contribution in [-0.4, -0.2) is 19.0 Å². The molecule has 0 aliphatic heterocycles. The van der Waals surface area contributed by atoms with Gasteiger partial charge < -0.3 is 4.74 Å². The fourth-order valence-electron chi connectivity index (χ4n) is 1.81. The lowest BCUT2D eigenvalue weighted by Crippen LogP contribution is -2.09. The maximum atomic E-state index is 13.7. The second-order valence-electron chi connectivity index (χ2n) is 4.22. The molecular formula is C14H19FO2. The number of hydrogen-bond acceptors (Lipinski definition) is 2. The maximum absolute atomic E-state index is 13.7. The molecule has 0 radical (unpaired) electrons. The number of carbonyl (C=O) groups is 1. The van der Waals surface area contributed by atoms with E-state index in [0.717, 1.165) is 12.0 Å². The molecule has 0 saturated carbocycles. The molecule has 0 atom stereocenters. The monoisotopic (exact) mass is 238 g/mol. The zero-order valence-corrected chi connectivity index (χ0v) is 10.7. The Balaban J connectivity index is 2.69. The lowest BCUT2D eigenvalue weighted by molar-refractivity contribution is 0.0874. The predicted molar refractivity (Wildman–Crippen MR) is 65.9 cm³/mol. The predicted octanol–water partition coefficient (Wildman–Crippen LogP) is 3.44. The first-order chi connectivity index (χ1) is 8.06. The first-order valence-electron chi connectivity index (χ1n) is 5.94. The van der Waals surface area contributed by atoms with E-state index >= 15 is 0 Å². The average molecular weight is 238 g/mol. The highest BCUT2D eigenvalue weighted by molar-refractivity contribution is 5.97. The molecule has 0 N–H and O–H groups in total. The van der Waals surface area contributed by atoms with Gasteiger partial charge in [-0.15, -0.1) is 0 Å². The second kappa shape index (κ2) is 6.50. The Morgan fingerprint density at radius 3 is 2.59 bits per heavy atom. The third kappa shape index (κ3) is 3.93. The molecule has 0 bridgehead atoms. The normalized spacial score (nSPS) is 10.6. The van der Waals surface area contributed by atoms with Crippen molar-refractivity contribution >= 4 is 5.78 Å². The molecule has 0 spiro atoms. The van der Waals surface area contributed by atoms with Crippen molar-refractivity contribution in [1.82, 2.24) is 0 Å². The van der Waals surface area contributed by atoms with Crippen molar-refractivity contribution in [1.29, 1.82) is 0 Å². The number of halogens is 1. The molecule has 1 rings (SSSR count). The van der Waals surface area contributed by atoms with Crippen molar-refractivity contribution in [2.75, 3.05) is 13.2 Å². The average Bonchev–Trinajstić information content (AvgIpc) is 2.23. The molecule has 17 heavy (non-hydrogen) atoms. The maximum Gasteiger partial charge on any atom is 0.168 e. The minimum atomic E-state index is -0.428. The molecule has 0 unspecified atom stereocenters. The van der Waals surface area contributed by atoms with Crippen molar-refractivity contribution in [3.63, 3.8) is 0 Å². The number of carbonyl (C=O) groups excluding carboxylic acids is 1. The van der Waals surface area contributed by atoms with Crippen molar-refractivity contribution in [3.05, 3.63) is 34.6 Å². The Bertz CT molecular complexity index is 376. The molecule has 0 amide bonds. The van der Waals surface area contributed by atoms with E-state index in [1.165, 1.54) is 6.07 Å². The standard InChI is InChI=1S/C14H19FO2/c1-4-6-17-7-5-13(16)14-11(3)8-10(2)9-12(14)15/h8-9H,4-7H2,1-3H3. The Labute approximate surface area is 102 Å². The number of benzene rings is 1. The summed E-state index contributed by atoms with van der Waals surface area (Å²) in [5.74, 6) is -0.612. The second-order valence-corrected chi connectivity index (χ2v) is 4.22. The van der Waals surface area contributed by atoms with E-state index in [2.05, 4.69) is 0 Å². The van der Waals surface area contributed by atoms with E-state index in [1.54, 1.807) is 6.92 Å². The summed E-state index contributed by atoms with van der Waals surface area (Å²) in [4.78, 5) is 11.8. The Morgan fingerprint density at radius 1 is 1.29 bits per heavy atom. The van der Waals surface area contributed by atoms with E-state index in [-0.39, 0.29) is 17.8 Å². The first kappa shape index (κ1) is 13.8. The van der Waals surface area contributed by atoms with E-state index in [0.29, 0.717) is 18.8 Å². The molecule has 0 aromatic heterocycles. The fourth-order valence-corrected chi connectivity index (χ4v) is 1.81. The number of Topliss-reactive ketones (excluding diaryl/α,β-unsaturated/α-hetero) is 1. The van der Waals surface area contributed by atoms with Crippen LogP contribution >= 0.6 is 0 Å². The van der Waals surface area contributed by atoms with Gasteiger partial charge in [-0.2, -0.15) is 0 Å².